The van der Waals surface area contributed by atoms with Gasteiger partial charge in [-0.3, -0.25) is 0 Å². The molecule has 25 heavy (non-hydrogen) atoms. The first kappa shape index (κ1) is 18.8. The molecule has 0 aliphatic heterocycles. The van der Waals surface area contributed by atoms with Crippen molar-refractivity contribution in [2.24, 2.45) is 10.2 Å². The quantitative estimate of drug-likeness (QED) is 0.229. The minimum atomic E-state index is -0.267. The van der Waals surface area contributed by atoms with Crippen LogP contribution in [0, 0.1) is 0 Å². The van der Waals surface area contributed by atoms with Crippen LogP contribution in [0.1, 0.15) is 6.42 Å². The number of aromatic nitrogens is 2. The SMILES string of the molecule is COCCCI=Nc1c2cccc(-c3ccc(Cl)cc3Cl)c2nn1C. The normalized spacial score (nSPS) is 12.0. The highest BCUT2D eigenvalue weighted by atomic mass is 127. The number of hydrogen-bond acceptors (Lipinski definition) is 3. The second-order valence-corrected chi connectivity index (χ2v) is 8.60. The van der Waals surface area contributed by atoms with Crippen LogP contribution in [0.2, 0.25) is 10.0 Å². The molecule has 0 saturated carbocycles. The number of rotatable bonds is 6. The predicted molar refractivity (Wildman–Crippen MR) is 114 cm³/mol. The van der Waals surface area contributed by atoms with Gasteiger partial charge in [-0.25, -0.2) is 7.83 Å². The molecule has 132 valence electrons. The highest BCUT2D eigenvalue weighted by Crippen LogP contribution is 2.37. The fourth-order valence-corrected chi connectivity index (χ4v) is 4.89. The molecule has 0 bridgehead atoms. The summed E-state index contributed by atoms with van der Waals surface area (Å²) in [6.07, 6.45) is 1.05. The average molecular weight is 490 g/mol. The third kappa shape index (κ3) is 4.22. The zero-order chi connectivity index (χ0) is 17.8. The van der Waals surface area contributed by atoms with E-state index in [1.807, 2.05) is 36.0 Å². The third-order valence-corrected chi connectivity index (χ3v) is 6.35. The second kappa shape index (κ2) is 8.58. The summed E-state index contributed by atoms with van der Waals surface area (Å²) in [7, 11) is 3.67. The Morgan fingerprint density at radius 1 is 1.20 bits per heavy atom. The minimum Gasteiger partial charge on any atom is -0.385 e. The Kier molecular flexibility index (Phi) is 6.44. The minimum absolute atomic E-state index is 0.267. The molecular weight excluding hydrogens is 472 g/mol. The zero-order valence-electron chi connectivity index (χ0n) is 14.0. The summed E-state index contributed by atoms with van der Waals surface area (Å²) in [5.41, 5.74) is 2.83. The Bertz CT molecular complexity index is 924. The topological polar surface area (TPSA) is 39.4 Å². The van der Waals surface area contributed by atoms with Gasteiger partial charge in [-0.05, 0) is 45.7 Å². The summed E-state index contributed by atoms with van der Waals surface area (Å²) < 4.78 is 12.9. The van der Waals surface area contributed by atoms with Crippen molar-refractivity contribution in [1.82, 2.24) is 9.78 Å². The Morgan fingerprint density at radius 3 is 2.80 bits per heavy atom. The fraction of sp³-hybridized carbons (Fsp3) is 0.278. The first-order valence-electron chi connectivity index (χ1n) is 7.81. The summed E-state index contributed by atoms with van der Waals surface area (Å²) >= 11 is 12.1. The van der Waals surface area contributed by atoms with Crippen molar-refractivity contribution in [3.63, 3.8) is 0 Å². The molecule has 3 aromatic rings. The van der Waals surface area contributed by atoms with E-state index in [0.29, 0.717) is 10.0 Å². The van der Waals surface area contributed by atoms with Gasteiger partial charge >= 0.3 is 0 Å². The van der Waals surface area contributed by atoms with Gasteiger partial charge < -0.3 is 4.74 Å². The van der Waals surface area contributed by atoms with E-state index in [4.69, 9.17) is 36.2 Å². The van der Waals surface area contributed by atoms with Crippen LogP contribution in [-0.2, 0) is 11.8 Å². The number of fused-ring (bicyclic) bond motifs is 1. The van der Waals surface area contributed by atoms with E-state index < -0.39 is 0 Å². The van der Waals surface area contributed by atoms with Crippen molar-refractivity contribution in [2.75, 3.05) is 18.1 Å². The van der Waals surface area contributed by atoms with Crippen LogP contribution in [0.15, 0.2) is 39.5 Å². The van der Waals surface area contributed by atoms with Gasteiger partial charge in [0.05, 0.1) is 0 Å². The second-order valence-electron chi connectivity index (χ2n) is 5.51. The van der Waals surface area contributed by atoms with Gasteiger partial charge in [0.1, 0.15) is 5.52 Å². The van der Waals surface area contributed by atoms with E-state index in [1.54, 1.807) is 13.2 Å². The van der Waals surface area contributed by atoms with Crippen LogP contribution in [0.4, 0.5) is 5.82 Å². The maximum atomic E-state index is 6.39. The van der Waals surface area contributed by atoms with Gasteiger partial charge in [-0.2, -0.15) is 5.10 Å². The number of alkyl halides is 1. The van der Waals surface area contributed by atoms with E-state index in [2.05, 4.69) is 6.07 Å². The lowest BCUT2D eigenvalue weighted by Gasteiger charge is -2.05. The van der Waals surface area contributed by atoms with Crippen LogP contribution >= 0.6 is 44.2 Å². The molecule has 0 N–H and O–H groups in total. The van der Waals surface area contributed by atoms with E-state index in [-0.39, 0.29) is 21.0 Å². The van der Waals surface area contributed by atoms with Crippen molar-refractivity contribution < 1.29 is 4.74 Å². The van der Waals surface area contributed by atoms with Gasteiger partial charge in [0.25, 0.3) is 0 Å². The molecule has 0 unspecified atom stereocenters. The summed E-state index contributed by atoms with van der Waals surface area (Å²) in [4.78, 5) is 0. The van der Waals surface area contributed by atoms with Gasteiger partial charge in [-0.1, -0.05) is 41.4 Å². The highest BCUT2D eigenvalue weighted by Gasteiger charge is 2.14. The van der Waals surface area contributed by atoms with Crippen LogP contribution in [0.3, 0.4) is 0 Å². The first-order chi connectivity index (χ1) is 12.1. The number of benzene rings is 2. The van der Waals surface area contributed by atoms with Crippen molar-refractivity contribution in [2.45, 2.75) is 6.42 Å². The van der Waals surface area contributed by atoms with Crippen molar-refractivity contribution >= 4 is 61.0 Å². The third-order valence-electron chi connectivity index (χ3n) is 3.76. The monoisotopic (exact) mass is 489 g/mol. The number of aryl methyl sites for hydroxylation is 1. The lowest BCUT2D eigenvalue weighted by molar-refractivity contribution is 0.200. The van der Waals surface area contributed by atoms with Crippen molar-refractivity contribution in [3.8, 4) is 11.1 Å². The molecule has 0 aliphatic rings. The van der Waals surface area contributed by atoms with E-state index in [9.17, 15) is 0 Å². The lowest BCUT2D eigenvalue weighted by atomic mass is 10.0. The standard InChI is InChI=1S/C18H18Cl2IN3O/c1-24-18(22-21-9-4-10-25-2)15-6-3-5-14(17(15)23-24)13-8-7-12(19)11-16(13)20/h3,5-8,11H,4,9-10H2,1-2H3. The number of nitrogens with zero attached hydrogens (tertiary/aromatic N) is 3. The molecule has 0 fully saturated rings. The Labute approximate surface area is 167 Å². The molecule has 1 aromatic heterocycles. The van der Waals surface area contributed by atoms with Crippen LogP contribution < -0.4 is 0 Å². The summed E-state index contributed by atoms with van der Waals surface area (Å²) in [5.74, 6) is 0.937. The molecule has 2 aromatic carbocycles. The Hall–Kier alpha value is -1.02. The Balaban J connectivity index is 2.02. The number of methoxy groups -OCH3 is 1. The Morgan fingerprint density at radius 2 is 2.04 bits per heavy atom. The van der Waals surface area contributed by atoms with Crippen LogP contribution in [0.25, 0.3) is 22.0 Å². The number of ether oxygens (including phenoxy) is 1. The number of halogens is 3. The average Bonchev–Trinajstić information content (AvgIpc) is 2.91. The smallest absolute Gasteiger partial charge is 0.163 e. The summed E-state index contributed by atoms with van der Waals surface area (Å²) in [5, 5.41) is 6.99. The number of hydrogen-bond donors (Lipinski definition) is 0. The van der Waals surface area contributed by atoms with Crippen LogP contribution in [0.5, 0.6) is 0 Å². The van der Waals surface area contributed by atoms with Gasteiger partial charge in [0.15, 0.2) is 5.82 Å². The molecule has 4 nitrogen and oxygen atoms in total. The molecule has 0 spiro atoms. The van der Waals surface area contributed by atoms with Gasteiger partial charge in [-0.15, -0.1) is 0 Å². The van der Waals surface area contributed by atoms with Crippen molar-refractivity contribution in [1.29, 1.82) is 0 Å². The van der Waals surface area contributed by atoms with E-state index >= 15 is 0 Å². The molecule has 0 atom stereocenters. The first-order valence-corrected chi connectivity index (χ1v) is 11.1. The molecule has 3 rings (SSSR count). The predicted octanol–water partition coefficient (Wildman–Crippen LogP) is 6.37. The largest absolute Gasteiger partial charge is 0.385 e. The van der Waals surface area contributed by atoms with Gasteiger partial charge in [0, 0.05) is 51.8 Å². The molecular formula is C18H18Cl2IN3O. The molecule has 0 radical (unpaired) electrons. The molecule has 0 amide bonds. The maximum absolute atomic E-state index is 6.39. The highest BCUT2D eigenvalue weighted by molar-refractivity contribution is 14.2. The van der Waals surface area contributed by atoms with Crippen molar-refractivity contribution in [3.05, 3.63) is 46.4 Å². The molecule has 1 heterocycles. The van der Waals surface area contributed by atoms with E-state index in [1.165, 1.54) is 0 Å². The zero-order valence-corrected chi connectivity index (χ0v) is 17.6. The molecule has 7 heteroatoms. The summed E-state index contributed by atoms with van der Waals surface area (Å²) in [6, 6.07) is 11.6. The van der Waals surface area contributed by atoms with Crippen LogP contribution in [-0.4, -0.2) is 27.9 Å². The van der Waals surface area contributed by atoms with Gasteiger partial charge in [0.2, 0.25) is 0 Å². The molecule has 0 aliphatic carbocycles. The summed E-state index contributed by atoms with van der Waals surface area (Å²) in [6.45, 7) is 0.792. The maximum Gasteiger partial charge on any atom is 0.163 e. The molecule has 0 saturated heterocycles. The lowest BCUT2D eigenvalue weighted by Crippen LogP contribution is -1.89. The fourth-order valence-electron chi connectivity index (χ4n) is 2.59. The van der Waals surface area contributed by atoms with E-state index in [0.717, 1.165) is 45.3 Å².